The van der Waals surface area contributed by atoms with Gasteiger partial charge in [-0.05, 0) is 42.3 Å². The van der Waals surface area contributed by atoms with Crippen molar-refractivity contribution in [2.75, 3.05) is 48.3 Å². The molecule has 0 saturated carbocycles. The predicted octanol–water partition coefficient (Wildman–Crippen LogP) is 3.60. The summed E-state index contributed by atoms with van der Waals surface area (Å²) in [5.74, 6) is -1.69. The Labute approximate surface area is 200 Å². The monoisotopic (exact) mass is 492 g/mol. The average Bonchev–Trinajstić information content (AvgIpc) is 3.05. The number of rotatable bonds is 8. The lowest BCUT2D eigenvalue weighted by Gasteiger charge is -2.24. The summed E-state index contributed by atoms with van der Waals surface area (Å²) in [7, 11) is 0. The highest BCUT2D eigenvalue weighted by Crippen LogP contribution is 2.29. The van der Waals surface area contributed by atoms with Gasteiger partial charge in [-0.2, -0.15) is 5.06 Å². The highest BCUT2D eigenvalue weighted by Gasteiger charge is 2.33. The van der Waals surface area contributed by atoms with Crippen molar-refractivity contribution in [2.45, 2.75) is 31.9 Å². The van der Waals surface area contributed by atoms with Gasteiger partial charge in [0.05, 0.1) is 24.5 Å². The Morgan fingerprint density at radius 3 is 2.60 bits per heavy atom. The minimum absolute atomic E-state index is 0.00732. The van der Waals surface area contributed by atoms with E-state index in [1.165, 1.54) is 11.0 Å². The third kappa shape index (κ3) is 6.23. The molecule has 188 valence electrons. The van der Waals surface area contributed by atoms with E-state index in [0.717, 1.165) is 5.56 Å². The third-order valence-electron chi connectivity index (χ3n) is 6.01. The molecular formula is C24H27F3N4O4. The number of carbonyl (C=O) groups excluding carboxylic acids is 2. The van der Waals surface area contributed by atoms with Gasteiger partial charge in [-0.25, -0.2) is 18.0 Å². The van der Waals surface area contributed by atoms with E-state index < -0.39 is 30.2 Å². The first-order valence-electron chi connectivity index (χ1n) is 11.4. The van der Waals surface area contributed by atoms with Crippen molar-refractivity contribution in [1.29, 1.82) is 0 Å². The van der Waals surface area contributed by atoms with Gasteiger partial charge in [0, 0.05) is 38.3 Å². The number of nitrogens with two attached hydrogens (primary N) is 1. The van der Waals surface area contributed by atoms with Gasteiger partial charge in [0.25, 0.3) is 6.43 Å². The highest BCUT2D eigenvalue weighted by molar-refractivity contribution is 5.90. The van der Waals surface area contributed by atoms with Crippen LogP contribution in [0.1, 0.15) is 18.4 Å². The Bertz CT molecular complexity index is 1050. The van der Waals surface area contributed by atoms with Crippen molar-refractivity contribution >= 4 is 28.9 Å². The maximum absolute atomic E-state index is 15.1. The fourth-order valence-corrected chi connectivity index (χ4v) is 4.10. The molecule has 2 aromatic carbocycles. The van der Waals surface area contributed by atoms with Crippen LogP contribution >= 0.6 is 0 Å². The van der Waals surface area contributed by atoms with E-state index in [-0.39, 0.29) is 19.4 Å². The van der Waals surface area contributed by atoms with Crippen LogP contribution < -0.4 is 15.5 Å². The first-order valence-corrected chi connectivity index (χ1v) is 11.4. The van der Waals surface area contributed by atoms with Gasteiger partial charge in [0.2, 0.25) is 0 Å². The number of alkyl halides is 2. The van der Waals surface area contributed by atoms with Crippen LogP contribution in [0.3, 0.4) is 0 Å². The van der Waals surface area contributed by atoms with Gasteiger partial charge < -0.3 is 15.4 Å². The number of carbonyl (C=O) groups is 2. The molecule has 2 N–H and O–H groups in total. The molecule has 4 rings (SSSR count). The zero-order chi connectivity index (χ0) is 24.9. The number of ether oxygens (including phenoxy) is 1. The zero-order valence-electron chi connectivity index (χ0n) is 19.0. The van der Waals surface area contributed by atoms with Crippen LogP contribution in [0.25, 0.3) is 0 Å². The van der Waals surface area contributed by atoms with Gasteiger partial charge in [-0.1, -0.05) is 12.1 Å². The Hall–Kier alpha value is -3.31. The molecule has 11 heteroatoms. The molecule has 2 aliphatic rings. The van der Waals surface area contributed by atoms with Crippen molar-refractivity contribution in [3.8, 4) is 0 Å². The molecule has 0 aromatic heterocycles. The third-order valence-corrected chi connectivity index (χ3v) is 6.01. The molecule has 8 nitrogen and oxygen atoms in total. The fourth-order valence-electron chi connectivity index (χ4n) is 4.10. The first-order chi connectivity index (χ1) is 16.8. The summed E-state index contributed by atoms with van der Waals surface area (Å²) in [4.78, 5) is 32.3. The van der Waals surface area contributed by atoms with Crippen molar-refractivity contribution < 1.29 is 32.3 Å². The number of anilines is 3. The Kier molecular flexibility index (Phi) is 7.76. The molecule has 1 atom stereocenters. The smallest absolute Gasteiger partial charge is 0.414 e. The van der Waals surface area contributed by atoms with Crippen molar-refractivity contribution in [2.24, 2.45) is 0 Å². The summed E-state index contributed by atoms with van der Waals surface area (Å²) in [6, 6.07) is 12.0. The lowest BCUT2D eigenvalue weighted by molar-refractivity contribution is -0.154. The van der Waals surface area contributed by atoms with Crippen molar-refractivity contribution in [1.82, 2.24) is 5.06 Å². The van der Waals surface area contributed by atoms with E-state index in [1.807, 2.05) is 34.2 Å². The maximum atomic E-state index is 15.1. The predicted molar refractivity (Wildman–Crippen MR) is 124 cm³/mol. The maximum Gasteiger partial charge on any atom is 0.414 e. The summed E-state index contributed by atoms with van der Waals surface area (Å²) in [5, 5.41) is 1.83. The summed E-state index contributed by atoms with van der Waals surface area (Å²) >= 11 is 0. The summed E-state index contributed by atoms with van der Waals surface area (Å²) in [6.07, 6.45) is -4.84. The number of hydrogen-bond donors (Lipinski definition) is 1. The molecule has 2 heterocycles. The van der Waals surface area contributed by atoms with Crippen LogP contribution in [-0.4, -0.2) is 62.3 Å². The van der Waals surface area contributed by atoms with E-state index in [2.05, 4.69) is 0 Å². The average molecular weight is 492 g/mol. The number of halogens is 3. The Balaban J connectivity index is 1.35. The minimum atomic E-state index is -3.04. The van der Waals surface area contributed by atoms with Gasteiger partial charge in [-0.3, -0.25) is 14.5 Å². The van der Waals surface area contributed by atoms with Crippen molar-refractivity contribution in [3.05, 3.63) is 53.8 Å². The zero-order valence-corrected chi connectivity index (χ0v) is 19.0. The number of amides is 1. The lowest BCUT2D eigenvalue weighted by Crippen LogP contribution is -2.31. The second-order valence-electron chi connectivity index (χ2n) is 8.48. The number of Topliss-reactive ketones (excluding diaryl/α,β-unsaturated/α-hetero) is 1. The van der Waals surface area contributed by atoms with Crippen LogP contribution in [0.5, 0.6) is 0 Å². The minimum Gasteiger partial charge on any atom is -0.444 e. The highest BCUT2D eigenvalue weighted by atomic mass is 19.3. The molecule has 0 radical (unpaired) electrons. The van der Waals surface area contributed by atoms with Crippen LogP contribution in [0.15, 0.2) is 42.5 Å². The summed E-state index contributed by atoms with van der Waals surface area (Å²) in [6.45, 7) is 2.61. The molecule has 1 amide bonds. The second-order valence-corrected chi connectivity index (χ2v) is 8.48. The quantitative estimate of drug-likeness (QED) is 0.564. The SMILES string of the molecule is Nc1ccc(CN2CCN(c3ccc(N4C[C@H](CCC(=O)C(F)F)OC4=O)cc3F)CCO2)cc1. The molecule has 0 spiro atoms. The molecule has 2 saturated heterocycles. The largest absolute Gasteiger partial charge is 0.444 e. The molecule has 35 heavy (non-hydrogen) atoms. The number of hydrogen-bond acceptors (Lipinski definition) is 7. The van der Waals surface area contributed by atoms with Crippen LogP contribution in [0.2, 0.25) is 0 Å². The topological polar surface area (TPSA) is 88.3 Å². The van der Waals surface area contributed by atoms with E-state index in [0.29, 0.717) is 49.8 Å². The van der Waals surface area contributed by atoms with Gasteiger partial charge in [0.15, 0.2) is 5.78 Å². The molecule has 2 fully saturated rings. The van der Waals surface area contributed by atoms with Gasteiger partial charge in [-0.15, -0.1) is 0 Å². The van der Waals surface area contributed by atoms with Crippen LogP contribution in [0, 0.1) is 5.82 Å². The standard InChI is InChI=1S/C24H27F3N4O4/c25-20-13-18(31-15-19(35-24(31)33)6-8-22(32)23(26)27)5-7-21(20)29-9-10-30(34-12-11-29)14-16-1-3-17(28)4-2-16/h1-5,7,13,19,23H,6,8-12,14-15,28H2/t19-/m0/s1. The molecule has 2 aliphatic heterocycles. The van der Waals surface area contributed by atoms with Gasteiger partial charge >= 0.3 is 6.09 Å². The lowest BCUT2D eigenvalue weighted by atomic mass is 10.1. The fraction of sp³-hybridized carbons (Fsp3) is 0.417. The molecule has 0 aliphatic carbocycles. The van der Waals surface area contributed by atoms with E-state index >= 15 is 4.39 Å². The van der Waals surface area contributed by atoms with E-state index in [4.69, 9.17) is 15.3 Å². The van der Waals surface area contributed by atoms with Crippen molar-refractivity contribution in [3.63, 3.8) is 0 Å². The number of nitrogens with zero attached hydrogens (tertiary/aromatic N) is 3. The van der Waals surface area contributed by atoms with E-state index in [9.17, 15) is 18.4 Å². The summed E-state index contributed by atoms with van der Waals surface area (Å²) < 4.78 is 45.0. The number of hydroxylamine groups is 2. The summed E-state index contributed by atoms with van der Waals surface area (Å²) in [5.41, 5.74) is 8.16. The molecular weight excluding hydrogens is 465 g/mol. The molecule has 0 unspecified atom stereocenters. The van der Waals surface area contributed by atoms with Crippen LogP contribution in [-0.2, 0) is 20.9 Å². The first kappa shape index (κ1) is 24.8. The van der Waals surface area contributed by atoms with E-state index in [1.54, 1.807) is 12.1 Å². The Morgan fingerprint density at radius 2 is 1.89 bits per heavy atom. The number of benzene rings is 2. The van der Waals surface area contributed by atoms with Gasteiger partial charge in [0.1, 0.15) is 11.9 Å². The number of cyclic esters (lactones) is 1. The normalized spacial score (nSPS) is 19.2. The Morgan fingerprint density at radius 1 is 1.11 bits per heavy atom. The second kappa shape index (κ2) is 11.0. The van der Waals surface area contributed by atoms with Crippen LogP contribution in [0.4, 0.5) is 35.0 Å². The number of ketones is 1. The number of nitrogen functional groups attached to an aromatic ring is 1. The molecule has 0 bridgehead atoms. The molecule has 2 aromatic rings.